The summed E-state index contributed by atoms with van der Waals surface area (Å²) in [4.78, 5) is 6.33. The molecule has 0 radical (unpaired) electrons. The molecule has 3 aromatic carbocycles. The molecule has 3 nitrogen and oxygen atoms in total. The van der Waals surface area contributed by atoms with Crippen LogP contribution in [0.1, 0.15) is 0 Å². The maximum absolute atomic E-state index is 7.61. The van der Waals surface area contributed by atoms with Crippen LogP contribution in [0.25, 0.3) is 0 Å². The lowest BCUT2D eigenvalue weighted by Crippen LogP contribution is -2.62. The SMILES string of the molecule is CN(C)c1ccc([Si](Cl)(c2ccc(N(C)C)cc2)c2ccc(N(C)C)cc2)cc1. The van der Waals surface area contributed by atoms with Gasteiger partial charge in [0.05, 0.1) is 0 Å². The van der Waals surface area contributed by atoms with Crippen LogP contribution < -0.4 is 30.3 Å². The van der Waals surface area contributed by atoms with E-state index in [4.69, 9.17) is 11.1 Å². The number of rotatable bonds is 6. The summed E-state index contributed by atoms with van der Waals surface area (Å²) in [6.07, 6.45) is 0. The fourth-order valence-electron chi connectivity index (χ4n) is 3.47. The molecule has 0 bridgehead atoms. The van der Waals surface area contributed by atoms with Gasteiger partial charge in [0.2, 0.25) is 7.38 Å². The second-order valence-electron chi connectivity index (χ2n) is 7.98. The predicted molar refractivity (Wildman–Crippen MR) is 133 cm³/mol. The van der Waals surface area contributed by atoms with Crippen LogP contribution in [0, 0.1) is 0 Å². The molecule has 29 heavy (non-hydrogen) atoms. The van der Waals surface area contributed by atoms with Gasteiger partial charge in [-0.1, -0.05) is 36.4 Å². The summed E-state index contributed by atoms with van der Waals surface area (Å²) >= 11 is 7.61. The van der Waals surface area contributed by atoms with Crippen LogP contribution in [-0.2, 0) is 0 Å². The van der Waals surface area contributed by atoms with E-state index in [2.05, 4.69) is 130 Å². The van der Waals surface area contributed by atoms with Gasteiger partial charge in [-0.3, -0.25) is 0 Å². The lowest BCUT2D eigenvalue weighted by molar-refractivity contribution is 1.13. The Morgan fingerprint density at radius 3 is 0.828 bits per heavy atom. The zero-order valence-electron chi connectivity index (χ0n) is 18.1. The Labute approximate surface area is 180 Å². The third-order valence-electron chi connectivity index (χ3n) is 5.34. The van der Waals surface area contributed by atoms with Gasteiger partial charge in [0.25, 0.3) is 0 Å². The molecule has 3 aromatic rings. The predicted octanol–water partition coefficient (Wildman–Crippen LogP) is 3.09. The van der Waals surface area contributed by atoms with E-state index >= 15 is 0 Å². The van der Waals surface area contributed by atoms with Crippen molar-refractivity contribution in [2.24, 2.45) is 0 Å². The average molecular weight is 424 g/mol. The summed E-state index contributed by atoms with van der Waals surface area (Å²) in [5, 5.41) is 3.58. The third-order valence-corrected chi connectivity index (χ3v) is 10.7. The average Bonchev–Trinajstić information content (AvgIpc) is 2.73. The van der Waals surface area contributed by atoms with Crippen LogP contribution >= 0.6 is 11.1 Å². The lowest BCUT2D eigenvalue weighted by atomic mass is 10.3. The highest BCUT2D eigenvalue weighted by Gasteiger charge is 2.38. The molecule has 0 saturated heterocycles. The van der Waals surface area contributed by atoms with Crippen LogP contribution in [0.4, 0.5) is 17.1 Å². The first-order valence-corrected chi connectivity index (χ1v) is 12.8. The molecule has 0 aliphatic carbocycles. The number of hydrogen-bond donors (Lipinski definition) is 0. The van der Waals surface area contributed by atoms with E-state index in [-0.39, 0.29) is 0 Å². The van der Waals surface area contributed by atoms with Crippen molar-refractivity contribution in [3.05, 3.63) is 72.8 Å². The smallest absolute Gasteiger partial charge is 0.247 e. The minimum Gasteiger partial charge on any atom is -0.378 e. The van der Waals surface area contributed by atoms with Crippen molar-refractivity contribution in [1.29, 1.82) is 0 Å². The van der Waals surface area contributed by atoms with Crippen LogP contribution in [0.15, 0.2) is 72.8 Å². The Bertz CT molecular complexity index is 808. The van der Waals surface area contributed by atoms with E-state index < -0.39 is 7.38 Å². The minimum absolute atomic E-state index is 1.17. The van der Waals surface area contributed by atoms with E-state index in [1.54, 1.807) is 0 Å². The molecule has 5 heteroatoms. The summed E-state index contributed by atoms with van der Waals surface area (Å²) in [6.45, 7) is 0. The van der Waals surface area contributed by atoms with Crippen molar-refractivity contribution in [3.8, 4) is 0 Å². The number of benzene rings is 3. The number of halogens is 1. The van der Waals surface area contributed by atoms with Crippen molar-refractivity contribution >= 4 is 51.1 Å². The Morgan fingerprint density at radius 2 is 0.655 bits per heavy atom. The van der Waals surface area contributed by atoms with E-state index in [0.717, 1.165) is 0 Å². The molecule has 0 fully saturated rings. The molecule has 0 aromatic heterocycles. The Morgan fingerprint density at radius 1 is 0.448 bits per heavy atom. The topological polar surface area (TPSA) is 9.72 Å². The van der Waals surface area contributed by atoms with Gasteiger partial charge in [-0.25, -0.2) is 0 Å². The largest absolute Gasteiger partial charge is 0.378 e. The van der Waals surface area contributed by atoms with E-state index in [1.807, 2.05) is 0 Å². The number of nitrogens with zero attached hydrogens (tertiary/aromatic N) is 3. The second-order valence-corrected chi connectivity index (χ2v) is 12.7. The molecule has 3 rings (SSSR count). The molecule has 0 spiro atoms. The van der Waals surface area contributed by atoms with Crippen LogP contribution in [0.5, 0.6) is 0 Å². The molecular formula is C24H30ClN3Si. The summed E-state index contributed by atoms with van der Waals surface area (Å²) in [5.41, 5.74) is 3.52. The van der Waals surface area contributed by atoms with Gasteiger partial charge < -0.3 is 14.7 Å². The highest BCUT2D eigenvalue weighted by atomic mass is 35.6. The summed E-state index contributed by atoms with van der Waals surface area (Å²) in [7, 11) is 9.70. The fraction of sp³-hybridized carbons (Fsp3) is 0.250. The monoisotopic (exact) mass is 423 g/mol. The van der Waals surface area contributed by atoms with Crippen LogP contribution in [-0.4, -0.2) is 49.7 Å². The summed E-state index contributed by atoms with van der Waals surface area (Å²) < 4.78 is 0. The van der Waals surface area contributed by atoms with Crippen molar-refractivity contribution in [2.75, 3.05) is 57.0 Å². The van der Waals surface area contributed by atoms with Gasteiger partial charge in [0.15, 0.2) is 0 Å². The van der Waals surface area contributed by atoms with Gasteiger partial charge >= 0.3 is 0 Å². The Balaban J connectivity index is 2.14. The van der Waals surface area contributed by atoms with Crippen molar-refractivity contribution in [1.82, 2.24) is 0 Å². The molecule has 0 unspecified atom stereocenters. The quantitative estimate of drug-likeness (QED) is 0.342. The number of hydrogen-bond acceptors (Lipinski definition) is 3. The van der Waals surface area contributed by atoms with E-state index in [0.29, 0.717) is 0 Å². The van der Waals surface area contributed by atoms with Crippen molar-refractivity contribution in [3.63, 3.8) is 0 Å². The Kier molecular flexibility index (Phi) is 6.25. The first-order chi connectivity index (χ1) is 13.7. The lowest BCUT2D eigenvalue weighted by Gasteiger charge is -2.28. The normalized spacial score (nSPS) is 11.3. The molecule has 0 N–H and O–H groups in total. The minimum atomic E-state index is -2.63. The molecule has 0 atom stereocenters. The zero-order valence-corrected chi connectivity index (χ0v) is 19.9. The molecular weight excluding hydrogens is 394 g/mol. The maximum atomic E-state index is 7.61. The molecule has 0 aliphatic heterocycles. The Hall–Kier alpha value is -2.43. The van der Waals surface area contributed by atoms with E-state index in [9.17, 15) is 0 Å². The van der Waals surface area contributed by atoms with Crippen LogP contribution in [0.3, 0.4) is 0 Å². The fourth-order valence-corrected chi connectivity index (χ4v) is 7.48. The third kappa shape index (κ3) is 4.28. The van der Waals surface area contributed by atoms with Gasteiger partial charge in [0.1, 0.15) is 0 Å². The number of anilines is 3. The highest BCUT2D eigenvalue weighted by Crippen LogP contribution is 2.19. The summed E-state index contributed by atoms with van der Waals surface area (Å²) in [5.74, 6) is 0. The summed E-state index contributed by atoms with van der Waals surface area (Å²) in [6, 6.07) is 26.1. The highest BCUT2D eigenvalue weighted by molar-refractivity contribution is 7.40. The first-order valence-electron chi connectivity index (χ1n) is 9.76. The molecule has 0 saturated carbocycles. The molecule has 0 aliphatic rings. The maximum Gasteiger partial charge on any atom is 0.247 e. The zero-order chi connectivity index (χ0) is 21.2. The van der Waals surface area contributed by atoms with Gasteiger partial charge in [0, 0.05) is 59.3 Å². The van der Waals surface area contributed by atoms with Crippen LogP contribution in [0.2, 0.25) is 0 Å². The van der Waals surface area contributed by atoms with Crippen molar-refractivity contribution in [2.45, 2.75) is 0 Å². The van der Waals surface area contributed by atoms with Gasteiger partial charge in [-0.05, 0) is 52.0 Å². The second kappa shape index (κ2) is 8.52. The molecule has 0 amide bonds. The molecule has 152 valence electrons. The van der Waals surface area contributed by atoms with E-state index in [1.165, 1.54) is 32.6 Å². The standard InChI is InChI=1S/C24H30ClN3Si/c1-26(2)19-7-13-22(14-8-19)29(25,23-15-9-20(10-16-23)27(3)4)24-17-11-21(12-18-24)28(5)6/h7-18H,1-6H3. The first kappa shape index (κ1) is 21.3. The molecule has 0 heterocycles. The van der Waals surface area contributed by atoms with Gasteiger partial charge in [-0.15, -0.1) is 11.1 Å². The van der Waals surface area contributed by atoms with Gasteiger partial charge in [-0.2, -0.15) is 0 Å². The van der Waals surface area contributed by atoms with Crippen molar-refractivity contribution < 1.29 is 0 Å².